The number of piperazine rings is 1. The number of amides is 2. The Kier molecular flexibility index (Phi) is 5.71. The molecule has 2 heterocycles. The second kappa shape index (κ2) is 9.07. The summed E-state index contributed by atoms with van der Waals surface area (Å²) in [5, 5.41) is 0. The lowest BCUT2D eigenvalue weighted by molar-refractivity contribution is -0.182. The average molecular weight is 497 g/mol. The first-order chi connectivity index (χ1) is 18.0. The minimum absolute atomic E-state index is 0.0927. The molecular formula is C30H28N2O5. The fraction of sp³-hybridized carbons (Fsp3) is 0.300. The van der Waals surface area contributed by atoms with E-state index >= 15 is 0 Å². The molecule has 3 aliphatic rings. The van der Waals surface area contributed by atoms with Gasteiger partial charge in [-0.3, -0.25) is 9.69 Å². The molecular weight excluding hydrogens is 468 g/mol. The van der Waals surface area contributed by atoms with Crippen molar-refractivity contribution in [1.82, 2.24) is 9.80 Å². The number of benzene rings is 3. The molecule has 7 nitrogen and oxygen atoms in total. The lowest BCUT2D eigenvalue weighted by Crippen LogP contribution is -2.71. The Hall–Kier alpha value is -4.13. The Morgan fingerprint density at radius 2 is 1.49 bits per heavy atom. The third-order valence-electron chi connectivity index (χ3n) is 7.92. The molecule has 2 fully saturated rings. The van der Waals surface area contributed by atoms with Gasteiger partial charge in [0, 0.05) is 5.92 Å². The van der Waals surface area contributed by atoms with Crippen molar-refractivity contribution >= 4 is 18.0 Å². The van der Waals surface area contributed by atoms with Gasteiger partial charge < -0.3 is 14.4 Å². The molecule has 0 spiro atoms. The smallest absolute Gasteiger partial charge is 0.410 e. The quantitative estimate of drug-likeness (QED) is 0.499. The number of carbonyl (C=O) groups is 3. The van der Waals surface area contributed by atoms with Crippen molar-refractivity contribution in [3.05, 3.63) is 95.6 Å². The van der Waals surface area contributed by atoms with E-state index in [-0.39, 0.29) is 25.0 Å². The van der Waals surface area contributed by atoms with E-state index in [1.807, 2.05) is 54.6 Å². The van der Waals surface area contributed by atoms with Gasteiger partial charge in [0.15, 0.2) is 6.04 Å². The second-order valence-electron chi connectivity index (χ2n) is 9.87. The van der Waals surface area contributed by atoms with Crippen LogP contribution in [-0.2, 0) is 19.1 Å². The molecule has 188 valence electrons. The summed E-state index contributed by atoms with van der Waals surface area (Å²) in [6.45, 7) is 3.70. The Morgan fingerprint density at radius 3 is 2.14 bits per heavy atom. The van der Waals surface area contributed by atoms with Crippen molar-refractivity contribution < 1.29 is 23.9 Å². The van der Waals surface area contributed by atoms with E-state index in [0.29, 0.717) is 0 Å². The summed E-state index contributed by atoms with van der Waals surface area (Å²) in [6.07, 6.45) is -0.607. The fourth-order valence-electron chi connectivity index (χ4n) is 6.12. The minimum atomic E-state index is -0.900. The molecule has 0 aromatic heterocycles. The van der Waals surface area contributed by atoms with Crippen molar-refractivity contribution in [1.29, 1.82) is 0 Å². The summed E-state index contributed by atoms with van der Waals surface area (Å²) >= 11 is 0. The molecule has 2 amide bonds. The van der Waals surface area contributed by atoms with Crippen molar-refractivity contribution in [3.8, 4) is 11.1 Å². The molecule has 1 unspecified atom stereocenters. The van der Waals surface area contributed by atoms with Gasteiger partial charge in [0.25, 0.3) is 0 Å². The van der Waals surface area contributed by atoms with Crippen LogP contribution in [0.15, 0.2) is 78.9 Å². The summed E-state index contributed by atoms with van der Waals surface area (Å²) in [7, 11) is 0. The molecule has 4 atom stereocenters. The zero-order valence-corrected chi connectivity index (χ0v) is 20.7. The third kappa shape index (κ3) is 3.68. The molecule has 3 aromatic carbocycles. The number of esters is 1. The number of hydrogen-bond donors (Lipinski definition) is 0. The highest BCUT2D eigenvalue weighted by atomic mass is 16.6. The van der Waals surface area contributed by atoms with Crippen molar-refractivity contribution in [2.75, 3.05) is 13.2 Å². The predicted octanol–water partition coefficient (Wildman–Crippen LogP) is 4.52. The van der Waals surface area contributed by atoms with Gasteiger partial charge in [-0.1, -0.05) is 78.9 Å². The van der Waals surface area contributed by atoms with Crippen LogP contribution in [0, 0.1) is 0 Å². The topological polar surface area (TPSA) is 76.2 Å². The van der Waals surface area contributed by atoms with Crippen LogP contribution in [0.3, 0.4) is 0 Å². The van der Waals surface area contributed by atoms with E-state index in [4.69, 9.17) is 9.47 Å². The average Bonchev–Trinajstić information content (AvgIpc) is 3.24. The van der Waals surface area contributed by atoms with E-state index in [9.17, 15) is 14.4 Å². The fourth-order valence-corrected chi connectivity index (χ4v) is 6.12. The molecule has 0 bridgehead atoms. The Bertz CT molecular complexity index is 1330. The maximum absolute atomic E-state index is 13.6. The monoisotopic (exact) mass is 496 g/mol. The van der Waals surface area contributed by atoms with Crippen LogP contribution in [0.25, 0.3) is 11.1 Å². The van der Waals surface area contributed by atoms with Crippen molar-refractivity contribution in [2.45, 2.75) is 43.9 Å². The summed E-state index contributed by atoms with van der Waals surface area (Å²) in [5.41, 5.74) is 5.39. The van der Waals surface area contributed by atoms with Gasteiger partial charge in [0.2, 0.25) is 5.91 Å². The van der Waals surface area contributed by atoms with E-state index in [1.54, 1.807) is 18.7 Å². The summed E-state index contributed by atoms with van der Waals surface area (Å²) in [5.74, 6) is -0.889. The summed E-state index contributed by atoms with van der Waals surface area (Å²) < 4.78 is 11.4. The number of morpholine rings is 1. The molecule has 7 heteroatoms. The highest BCUT2D eigenvalue weighted by molar-refractivity contribution is 5.93. The number of fused-ring (bicyclic) bond motifs is 4. The third-order valence-corrected chi connectivity index (χ3v) is 7.92. The van der Waals surface area contributed by atoms with Gasteiger partial charge >= 0.3 is 12.1 Å². The number of nitrogens with zero attached hydrogens (tertiary/aromatic N) is 2. The Balaban J connectivity index is 1.24. The molecule has 1 aliphatic carbocycles. The number of cyclic esters (lactones) is 1. The van der Waals surface area contributed by atoms with Crippen LogP contribution >= 0.6 is 0 Å². The molecule has 0 N–H and O–H groups in total. The van der Waals surface area contributed by atoms with Gasteiger partial charge in [0.05, 0.1) is 12.1 Å². The van der Waals surface area contributed by atoms with E-state index in [0.717, 1.165) is 27.8 Å². The first-order valence-electron chi connectivity index (χ1n) is 12.6. The van der Waals surface area contributed by atoms with Crippen molar-refractivity contribution in [3.63, 3.8) is 0 Å². The first kappa shape index (κ1) is 23.3. The number of carbonyl (C=O) groups excluding carboxylic acids is 3. The van der Waals surface area contributed by atoms with Crippen molar-refractivity contribution in [2.24, 2.45) is 0 Å². The molecule has 2 saturated heterocycles. The van der Waals surface area contributed by atoms with E-state index in [1.165, 1.54) is 4.90 Å². The molecule has 3 aromatic rings. The highest BCUT2D eigenvalue weighted by Gasteiger charge is 2.54. The van der Waals surface area contributed by atoms with Crippen LogP contribution in [0.4, 0.5) is 4.79 Å². The molecule has 0 radical (unpaired) electrons. The van der Waals surface area contributed by atoms with Crippen LogP contribution in [0.5, 0.6) is 0 Å². The van der Waals surface area contributed by atoms with E-state index < -0.39 is 36.2 Å². The molecule has 6 rings (SSSR count). The predicted molar refractivity (Wildman–Crippen MR) is 137 cm³/mol. The standard InChI is InChI=1S/C30H28N2O5/c1-18-27-29(34)36-17-26(20-10-4-3-5-11-20)32(27)28(33)19(2)31(18)30(35)37-16-25-23-14-8-6-12-21(23)22-13-7-9-15-24(22)25/h3-15,18-19,25-27H,16-17H2,1-2H3/t18?,19-,26+,27+/m1/s1. The number of ether oxygens (including phenoxy) is 2. The zero-order chi connectivity index (χ0) is 25.7. The summed E-state index contributed by atoms with van der Waals surface area (Å²) in [4.78, 5) is 42.9. The van der Waals surface area contributed by atoms with Gasteiger partial charge in [-0.25, -0.2) is 9.59 Å². The van der Waals surface area contributed by atoms with Gasteiger partial charge in [-0.05, 0) is 41.7 Å². The van der Waals surface area contributed by atoms with Crippen LogP contribution in [-0.4, -0.2) is 59.1 Å². The van der Waals surface area contributed by atoms with Crippen LogP contribution in [0.2, 0.25) is 0 Å². The van der Waals surface area contributed by atoms with Gasteiger partial charge in [-0.2, -0.15) is 0 Å². The summed E-state index contributed by atoms with van der Waals surface area (Å²) in [6, 6.07) is 23.1. The second-order valence-corrected chi connectivity index (χ2v) is 9.87. The van der Waals surface area contributed by atoms with Crippen LogP contribution in [0.1, 0.15) is 42.5 Å². The SMILES string of the molecule is CC1[C@H]2C(=O)OC[C@@H](c3ccccc3)N2C(=O)[C@@H](C)N1C(=O)OCC1c2ccccc2-c2ccccc21. The minimum Gasteiger partial charge on any atom is -0.462 e. The van der Waals surface area contributed by atoms with Crippen LogP contribution < -0.4 is 0 Å². The maximum Gasteiger partial charge on any atom is 0.410 e. The van der Waals surface area contributed by atoms with Gasteiger partial charge in [-0.15, -0.1) is 0 Å². The molecule has 37 heavy (non-hydrogen) atoms. The first-order valence-corrected chi connectivity index (χ1v) is 12.6. The largest absolute Gasteiger partial charge is 0.462 e. The normalized spacial score (nSPS) is 24.7. The van der Waals surface area contributed by atoms with E-state index in [2.05, 4.69) is 24.3 Å². The lowest BCUT2D eigenvalue weighted by atomic mass is 9.92. The Morgan fingerprint density at radius 1 is 0.892 bits per heavy atom. The highest BCUT2D eigenvalue weighted by Crippen LogP contribution is 2.44. The molecule has 2 aliphatic heterocycles. The number of hydrogen-bond acceptors (Lipinski definition) is 5. The molecule has 0 saturated carbocycles. The number of rotatable bonds is 3. The van der Waals surface area contributed by atoms with Gasteiger partial charge in [0.1, 0.15) is 19.3 Å². The Labute approximate surface area is 215 Å². The maximum atomic E-state index is 13.6. The zero-order valence-electron chi connectivity index (χ0n) is 20.7. The lowest BCUT2D eigenvalue weighted by Gasteiger charge is -2.51.